The second-order valence-electron chi connectivity index (χ2n) is 6.29. The molecule has 0 saturated heterocycles. The summed E-state index contributed by atoms with van der Waals surface area (Å²) in [5.41, 5.74) is 0.868. The van der Waals surface area contributed by atoms with Crippen molar-refractivity contribution in [2.75, 3.05) is 14.2 Å². The van der Waals surface area contributed by atoms with Gasteiger partial charge >= 0.3 is 5.97 Å². The van der Waals surface area contributed by atoms with Crippen molar-refractivity contribution in [3.8, 4) is 0 Å². The van der Waals surface area contributed by atoms with Crippen LogP contribution < -0.4 is 0 Å². The Kier molecular flexibility index (Phi) is 9.65. The molecule has 0 saturated carbocycles. The van der Waals surface area contributed by atoms with E-state index in [1.165, 1.54) is 25.7 Å². The number of hydrogen-bond donors (Lipinski definition) is 1. The predicted molar refractivity (Wildman–Crippen MR) is 95.9 cm³/mol. The zero-order valence-electron chi connectivity index (χ0n) is 15.3. The van der Waals surface area contributed by atoms with Crippen LogP contribution in [0.25, 0.3) is 0 Å². The number of unbranched alkanes of at least 4 members (excludes halogenated alkanes) is 5. The van der Waals surface area contributed by atoms with Crippen LogP contribution in [0.4, 0.5) is 0 Å². The standard InChI is InChI=1S/C20H32O4/c1-4-5-6-7-8-10-15-18(16-19(21)22)20(23-2,24-3)17-13-11-9-12-14-17/h9,11-14,18H,4-8,10,15-16H2,1-3H3,(H,21,22). The van der Waals surface area contributed by atoms with E-state index in [0.717, 1.165) is 24.8 Å². The van der Waals surface area contributed by atoms with Gasteiger partial charge in [0, 0.05) is 25.7 Å². The minimum absolute atomic E-state index is 0.0333. The van der Waals surface area contributed by atoms with Gasteiger partial charge < -0.3 is 14.6 Å². The summed E-state index contributed by atoms with van der Waals surface area (Å²) in [6.07, 6.45) is 7.86. The molecule has 1 rings (SSSR count). The Bertz CT molecular complexity index is 454. The highest BCUT2D eigenvalue weighted by atomic mass is 16.7. The number of carboxylic acid groups (broad SMARTS) is 1. The van der Waals surface area contributed by atoms with Crippen LogP contribution in [0, 0.1) is 5.92 Å². The summed E-state index contributed by atoms with van der Waals surface area (Å²) in [4.78, 5) is 11.4. The maximum absolute atomic E-state index is 11.4. The third-order valence-electron chi connectivity index (χ3n) is 4.65. The number of ether oxygens (including phenoxy) is 2. The maximum atomic E-state index is 11.4. The average Bonchev–Trinajstić information content (AvgIpc) is 2.59. The number of carboxylic acids is 1. The summed E-state index contributed by atoms with van der Waals surface area (Å²) in [6, 6.07) is 9.64. The highest BCUT2D eigenvalue weighted by Gasteiger charge is 2.41. The van der Waals surface area contributed by atoms with Gasteiger partial charge in [-0.05, 0) is 6.42 Å². The van der Waals surface area contributed by atoms with Crippen LogP contribution in [0.1, 0.15) is 63.9 Å². The molecule has 0 aliphatic carbocycles. The van der Waals surface area contributed by atoms with Gasteiger partial charge in [-0.15, -0.1) is 0 Å². The highest BCUT2D eigenvalue weighted by Crippen LogP contribution is 2.39. The first-order valence-corrected chi connectivity index (χ1v) is 8.98. The van der Waals surface area contributed by atoms with Gasteiger partial charge in [0.15, 0.2) is 5.79 Å². The molecule has 0 heterocycles. The molecule has 24 heavy (non-hydrogen) atoms. The first kappa shape index (κ1) is 20.7. The molecule has 1 N–H and O–H groups in total. The Morgan fingerprint density at radius 2 is 1.62 bits per heavy atom. The third-order valence-corrected chi connectivity index (χ3v) is 4.65. The van der Waals surface area contributed by atoms with E-state index in [1.807, 2.05) is 30.3 Å². The summed E-state index contributed by atoms with van der Waals surface area (Å²) < 4.78 is 11.5. The number of benzene rings is 1. The van der Waals surface area contributed by atoms with E-state index in [1.54, 1.807) is 14.2 Å². The van der Waals surface area contributed by atoms with Crippen LogP contribution in [0.15, 0.2) is 30.3 Å². The Morgan fingerprint density at radius 3 is 2.17 bits per heavy atom. The van der Waals surface area contributed by atoms with Crippen molar-refractivity contribution in [2.45, 2.75) is 64.1 Å². The number of methoxy groups -OCH3 is 2. The Labute approximate surface area is 146 Å². The minimum Gasteiger partial charge on any atom is -0.481 e. The van der Waals surface area contributed by atoms with Crippen molar-refractivity contribution in [2.24, 2.45) is 5.92 Å². The van der Waals surface area contributed by atoms with Crippen molar-refractivity contribution < 1.29 is 19.4 Å². The van der Waals surface area contributed by atoms with Crippen LogP contribution in [-0.2, 0) is 20.1 Å². The molecule has 4 nitrogen and oxygen atoms in total. The first-order chi connectivity index (χ1) is 11.6. The van der Waals surface area contributed by atoms with Gasteiger partial charge in [-0.1, -0.05) is 75.8 Å². The normalized spacial score (nSPS) is 13.0. The SMILES string of the molecule is CCCCCCCCC(CC(=O)O)C(OC)(OC)c1ccccc1. The van der Waals surface area contributed by atoms with E-state index >= 15 is 0 Å². The molecule has 1 atom stereocenters. The van der Waals surface area contributed by atoms with E-state index in [-0.39, 0.29) is 12.3 Å². The second kappa shape index (κ2) is 11.2. The van der Waals surface area contributed by atoms with Crippen molar-refractivity contribution >= 4 is 5.97 Å². The monoisotopic (exact) mass is 336 g/mol. The molecule has 0 aliphatic heterocycles. The topological polar surface area (TPSA) is 55.8 Å². The Hall–Kier alpha value is -1.39. The molecule has 136 valence electrons. The van der Waals surface area contributed by atoms with Gasteiger partial charge in [0.2, 0.25) is 0 Å². The molecule has 4 heteroatoms. The van der Waals surface area contributed by atoms with Crippen molar-refractivity contribution in [1.82, 2.24) is 0 Å². The van der Waals surface area contributed by atoms with Crippen LogP contribution in [0.5, 0.6) is 0 Å². The van der Waals surface area contributed by atoms with Crippen LogP contribution >= 0.6 is 0 Å². The third kappa shape index (κ3) is 5.91. The lowest BCUT2D eigenvalue weighted by atomic mass is 9.84. The summed E-state index contributed by atoms with van der Waals surface area (Å²) >= 11 is 0. The summed E-state index contributed by atoms with van der Waals surface area (Å²) in [5, 5.41) is 9.35. The Balaban J connectivity index is 2.83. The van der Waals surface area contributed by atoms with E-state index in [2.05, 4.69) is 6.92 Å². The number of hydrogen-bond acceptors (Lipinski definition) is 3. The fraction of sp³-hybridized carbons (Fsp3) is 0.650. The zero-order chi connectivity index (χ0) is 17.8. The molecule has 0 amide bonds. The molecule has 0 bridgehead atoms. The molecular weight excluding hydrogens is 304 g/mol. The smallest absolute Gasteiger partial charge is 0.303 e. The lowest BCUT2D eigenvalue weighted by Gasteiger charge is -2.38. The fourth-order valence-corrected chi connectivity index (χ4v) is 3.37. The first-order valence-electron chi connectivity index (χ1n) is 8.98. The van der Waals surface area contributed by atoms with Crippen LogP contribution in [-0.4, -0.2) is 25.3 Å². The lowest BCUT2D eigenvalue weighted by molar-refractivity contribution is -0.253. The van der Waals surface area contributed by atoms with Crippen molar-refractivity contribution in [3.63, 3.8) is 0 Å². The summed E-state index contributed by atoms with van der Waals surface area (Å²) in [7, 11) is 3.18. The van der Waals surface area contributed by atoms with Crippen LogP contribution in [0.3, 0.4) is 0 Å². The molecule has 1 aromatic rings. The van der Waals surface area contributed by atoms with Gasteiger partial charge in [0.25, 0.3) is 0 Å². The largest absolute Gasteiger partial charge is 0.481 e. The quantitative estimate of drug-likeness (QED) is 0.408. The predicted octanol–water partition coefficient (Wildman–Crippen LogP) is 4.97. The Morgan fingerprint density at radius 1 is 1.04 bits per heavy atom. The van der Waals surface area contributed by atoms with Gasteiger partial charge in [-0.3, -0.25) is 4.79 Å². The summed E-state index contributed by atoms with van der Waals surface area (Å²) in [6.45, 7) is 2.20. The van der Waals surface area contributed by atoms with E-state index < -0.39 is 11.8 Å². The fourth-order valence-electron chi connectivity index (χ4n) is 3.37. The molecule has 0 spiro atoms. The summed E-state index contributed by atoms with van der Waals surface area (Å²) in [5.74, 6) is -2.05. The van der Waals surface area contributed by atoms with Gasteiger partial charge in [0.05, 0.1) is 6.42 Å². The van der Waals surface area contributed by atoms with E-state index in [4.69, 9.17) is 9.47 Å². The van der Waals surface area contributed by atoms with Crippen molar-refractivity contribution in [3.05, 3.63) is 35.9 Å². The molecule has 0 aromatic heterocycles. The number of aliphatic carboxylic acids is 1. The second-order valence-corrected chi connectivity index (χ2v) is 6.29. The highest BCUT2D eigenvalue weighted by molar-refractivity contribution is 5.67. The molecule has 1 aromatic carbocycles. The maximum Gasteiger partial charge on any atom is 0.303 e. The van der Waals surface area contributed by atoms with Crippen molar-refractivity contribution in [1.29, 1.82) is 0 Å². The van der Waals surface area contributed by atoms with Crippen LogP contribution in [0.2, 0.25) is 0 Å². The lowest BCUT2D eigenvalue weighted by Crippen LogP contribution is -2.40. The van der Waals surface area contributed by atoms with Gasteiger partial charge in [-0.25, -0.2) is 0 Å². The average molecular weight is 336 g/mol. The molecule has 0 aliphatic rings. The minimum atomic E-state index is -1.01. The number of carbonyl (C=O) groups is 1. The van der Waals surface area contributed by atoms with E-state index in [0.29, 0.717) is 0 Å². The van der Waals surface area contributed by atoms with Gasteiger partial charge in [-0.2, -0.15) is 0 Å². The number of rotatable bonds is 13. The molecular formula is C20H32O4. The van der Waals surface area contributed by atoms with Gasteiger partial charge in [0.1, 0.15) is 0 Å². The zero-order valence-corrected chi connectivity index (χ0v) is 15.3. The molecule has 0 fully saturated rings. The van der Waals surface area contributed by atoms with E-state index in [9.17, 15) is 9.90 Å². The molecule has 1 unspecified atom stereocenters. The molecule has 0 radical (unpaired) electrons.